The molecule has 0 aromatic rings. The molecule has 0 bridgehead atoms. The highest BCUT2D eigenvalue weighted by Crippen LogP contribution is 2.16. The molecule has 1 amide bonds. The van der Waals surface area contributed by atoms with E-state index in [1.165, 1.54) is 0 Å². The summed E-state index contributed by atoms with van der Waals surface area (Å²) in [6.07, 6.45) is 1.75. The monoisotopic (exact) mass is 137 g/mol. The third-order valence-electron chi connectivity index (χ3n) is 1.80. The summed E-state index contributed by atoms with van der Waals surface area (Å²) in [7, 11) is 1.79. The lowest BCUT2D eigenvalue weighted by Gasteiger charge is -2.06. The van der Waals surface area contributed by atoms with Crippen molar-refractivity contribution in [2.45, 2.75) is 6.92 Å². The van der Waals surface area contributed by atoms with Gasteiger partial charge in [0.15, 0.2) is 0 Å². The molecule has 1 aliphatic rings. The molecule has 0 atom stereocenters. The molecule has 54 valence electrons. The highest BCUT2D eigenvalue weighted by molar-refractivity contribution is 5.96. The maximum atomic E-state index is 11.1. The number of hydrogen-bond acceptors (Lipinski definition) is 1. The summed E-state index contributed by atoms with van der Waals surface area (Å²) in [5.41, 5.74) is 1.88. The summed E-state index contributed by atoms with van der Waals surface area (Å²) in [5.74, 6) is 0.120. The lowest BCUT2D eigenvalue weighted by atomic mass is 10.2. The van der Waals surface area contributed by atoms with Crippen molar-refractivity contribution in [2.24, 2.45) is 0 Å². The summed E-state index contributed by atoms with van der Waals surface area (Å²) >= 11 is 0. The van der Waals surface area contributed by atoms with E-state index in [4.69, 9.17) is 0 Å². The van der Waals surface area contributed by atoms with Crippen LogP contribution in [0.25, 0.3) is 0 Å². The second-order valence-corrected chi connectivity index (χ2v) is 2.52. The van der Waals surface area contributed by atoms with Crippen molar-refractivity contribution in [3.8, 4) is 0 Å². The molecular formula is C8H11NO. The Morgan fingerprint density at radius 2 is 2.30 bits per heavy atom. The number of nitrogens with zero attached hydrogens (tertiary/aromatic N) is 1. The number of amides is 1. The lowest BCUT2D eigenvalue weighted by Crippen LogP contribution is -2.21. The molecule has 0 aliphatic carbocycles. The van der Waals surface area contributed by atoms with Crippen LogP contribution in [0.2, 0.25) is 0 Å². The second kappa shape index (κ2) is 2.29. The third-order valence-corrected chi connectivity index (χ3v) is 1.80. The van der Waals surface area contributed by atoms with Gasteiger partial charge in [0, 0.05) is 19.2 Å². The largest absolute Gasteiger partial charge is 0.338 e. The van der Waals surface area contributed by atoms with E-state index in [0.717, 1.165) is 11.1 Å². The molecule has 2 nitrogen and oxygen atoms in total. The van der Waals surface area contributed by atoms with E-state index in [0.29, 0.717) is 6.54 Å². The Bertz CT molecular complexity index is 215. The normalized spacial score (nSPS) is 18.6. The van der Waals surface area contributed by atoms with Gasteiger partial charge in [0.05, 0.1) is 0 Å². The molecule has 0 saturated carbocycles. The topological polar surface area (TPSA) is 20.3 Å². The van der Waals surface area contributed by atoms with Crippen LogP contribution in [0.15, 0.2) is 23.8 Å². The van der Waals surface area contributed by atoms with E-state index in [9.17, 15) is 4.79 Å². The first-order chi connectivity index (χ1) is 4.66. The highest BCUT2D eigenvalue weighted by Gasteiger charge is 2.21. The summed E-state index contributed by atoms with van der Waals surface area (Å²) in [6, 6.07) is 0. The zero-order valence-corrected chi connectivity index (χ0v) is 6.35. The Labute approximate surface area is 60.8 Å². The van der Waals surface area contributed by atoms with Gasteiger partial charge in [-0.25, -0.2) is 0 Å². The third kappa shape index (κ3) is 0.856. The van der Waals surface area contributed by atoms with E-state index in [1.807, 2.05) is 6.92 Å². The molecule has 2 heteroatoms. The number of likely N-dealkylation sites (N-methyl/N-ethyl adjacent to an activating group) is 1. The van der Waals surface area contributed by atoms with Gasteiger partial charge in [-0.05, 0) is 12.5 Å². The summed E-state index contributed by atoms with van der Waals surface area (Å²) < 4.78 is 0. The van der Waals surface area contributed by atoms with Gasteiger partial charge in [-0.2, -0.15) is 0 Å². The van der Waals surface area contributed by atoms with Crippen LogP contribution in [0.4, 0.5) is 0 Å². The summed E-state index contributed by atoms with van der Waals surface area (Å²) in [6.45, 7) is 6.18. The Morgan fingerprint density at radius 1 is 1.70 bits per heavy atom. The van der Waals surface area contributed by atoms with Crippen LogP contribution < -0.4 is 0 Å². The van der Waals surface area contributed by atoms with Crippen LogP contribution in [-0.4, -0.2) is 24.4 Å². The maximum Gasteiger partial charge on any atom is 0.249 e. The van der Waals surface area contributed by atoms with Crippen molar-refractivity contribution in [3.63, 3.8) is 0 Å². The number of rotatable bonds is 1. The summed E-state index contributed by atoms with van der Waals surface area (Å²) in [4.78, 5) is 12.8. The van der Waals surface area contributed by atoms with Gasteiger partial charge in [-0.3, -0.25) is 4.79 Å². The van der Waals surface area contributed by atoms with Crippen LogP contribution in [-0.2, 0) is 4.79 Å². The minimum atomic E-state index is 0.120. The molecule has 1 aliphatic heterocycles. The smallest absolute Gasteiger partial charge is 0.249 e. The molecule has 10 heavy (non-hydrogen) atoms. The molecule has 0 unspecified atom stereocenters. The average Bonchev–Trinajstić information content (AvgIpc) is 2.17. The van der Waals surface area contributed by atoms with Crippen LogP contribution >= 0.6 is 0 Å². The van der Waals surface area contributed by atoms with Crippen LogP contribution in [0.5, 0.6) is 0 Å². The molecule has 0 spiro atoms. The van der Waals surface area contributed by atoms with Gasteiger partial charge in [0.1, 0.15) is 0 Å². The standard InChI is InChI=1S/C8H11NO/c1-4-7-5-9(3)8(10)6(7)2/h4H,1,5H2,2-3H3. The van der Waals surface area contributed by atoms with Crippen LogP contribution in [0.1, 0.15) is 6.92 Å². The predicted octanol–water partition coefficient (Wildman–Crippen LogP) is 0.961. The zero-order valence-electron chi connectivity index (χ0n) is 6.35. The number of carbonyl (C=O) groups is 1. The van der Waals surface area contributed by atoms with Crippen molar-refractivity contribution < 1.29 is 4.79 Å². The Balaban J connectivity index is 2.94. The van der Waals surface area contributed by atoms with Gasteiger partial charge in [-0.1, -0.05) is 12.7 Å². The molecule has 0 aromatic carbocycles. The minimum Gasteiger partial charge on any atom is -0.338 e. The zero-order chi connectivity index (χ0) is 7.72. The molecule has 0 fully saturated rings. The molecule has 1 rings (SSSR count). The quantitative estimate of drug-likeness (QED) is 0.527. The second-order valence-electron chi connectivity index (χ2n) is 2.52. The van der Waals surface area contributed by atoms with Gasteiger partial charge >= 0.3 is 0 Å². The summed E-state index contributed by atoms with van der Waals surface area (Å²) in [5, 5.41) is 0. The first-order valence-corrected chi connectivity index (χ1v) is 3.24. The van der Waals surface area contributed by atoms with Crippen molar-refractivity contribution in [1.29, 1.82) is 0 Å². The van der Waals surface area contributed by atoms with E-state index < -0.39 is 0 Å². The van der Waals surface area contributed by atoms with Gasteiger partial charge in [-0.15, -0.1) is 0 Å². The molecular weight excluding hydrogens is 126 g/mol. The minimum absolute atomic E-state index is 0.120. The van der Waals surface area contributed by atoms with Crippen molar-refractivity contribution in [2.75, 3.05) is 13.6 Å². The Morgan fingerprint density at radius 3 is 2.50 bits per heavy atom. The van der Waals surface area contributed by atoms with Gasteiger partial charge in [0.2, 0.25) is 5.91 Å². The van der Waals surface area contributed by atoms with Crippen molar-refractivity contribution >= 4 is 5.91 Å². The number of carbonyl (C=O) groups excluding carboxylic acids is 1. The Hall–Kier alpha value is -1.05. The fourth-order valence-electron chi connectivity index (χ4n) is 1.09. The first kappa shape index (κ1) is 7.06. The fourth-order valence-corrected chi connectivity index (χ4v) is 1.09. The predicted molar refractivity (Wildman–Crippen MR) is 40.5 cm³/mol. The van der Waals surface area contributed by atoms with Crippen LogP contribution in [0, 0.1) is 0 Å². The lowest BCUT2D eigenvalue weighted by molar-refractivity contribution is -0.124. The van der Waals surface area contributed by atoms with Crippen LogP contribution in [0.3, 0.4) is 0 Å². The van der Waals surface area contributed by atoms with E-state index >= 15 is 0 Å². The molecule has 0 radical (unpaired) electrons. The first-order valence-electron chi connectivity index (χ1n) is 3.24. The van der Waals surface area contributed by atoms with E-state index in [-0.39, 0.29) is 5.91 Å². The average molecular weight is 137 g/mol. The molecule has 0 N–H and O–H groups in total. The molecule has 1 heterocycles. The SMILES string of the molecule is C=CC1=C(C)C(=O)N(C)C1. The molecule has 0 saturated heterocycles. The van der Waals surface area contributed by atoms with Crippen molar-refractivity contribution in [3.05, 3.63) is 23.8 Å². The van der Waals surface area contributed by atoms with E-state index in [2.05, 4.69) is 6.58 Å². The highest BCUT2D eigenvalue weighted by atomic mass is 16.2. The maximum absolute atomic E-state index is 11.1. The van der Waals surface area contributed by atoms with Gasteiger partial charge < -0.3 is 4.90 Å². The van der Waals surface area contributed by atoms with Gasteiger partial charge in [0.25, 0.3) is 0 Å². The van der Waals surface area contributed by atoms with E-state index in [1.54, 1.807) is 18.0 Å². The Kier molecular flexibility index (Phi) is 1.62. The number of hydrogen-bond donors (Lipinski definition) is 0. The fraction of sp³-hybridized carbons (Fsp3) is 0.375. The molecule has 0 aromatic heterocycles. The van der Waals surface area contributed by atoms with Crippen molar-refractivity contribution in [1.82, 2.24) is 4.90 Å².